The van der Waals surface area contributed by atoms with Crippen molar-refractivity contribution in [2.75, 3.05) is 14.1 Å². The highest BCUT2D eigenvalue weighted by Gasteiger charge is 2.31. The predicted octanol–water partition coefficient (Wildman–Crippen LogP) is 2.42. The van der Waals surface area contributed by atoms with Crippen LogP contribution in [0.25, 0.3) is 0 Å². The van der Waals surface area contributed by atoms with Gasteiger partial charge >= 0.3 is 5.97 Å². The van der Waals surface area contributed by atoms with Gasteiger partial charge in [0.15, 0.2) is 0 Å². The molecule has 8 heteroatoms. The van der Waals surface area contributed by atoms with Gasteiger partial charge in [-0.05, 0) is 37.5 Å². The quantitative estimate of drug-likeness (QED) is 0.700. The first-order chi connectivity index (χ1) is 13.7. The standard InChI is InChI=1S/C21H24N2O5S/c1-14-9-12-17(29(26,27)23(2)3)13-18(14)21(25)28-19(15-7-5-4-6-8-15)20(24)22-16-10-11-16/h4-9,12-13,16,19H,10-11H2,1-3H3,(H,22,24). The zero-order valence-corrected chi connectivity index (χ0v) is 17.4. The molecule has 0 heterocycles. The largest absolute Gasteiger partial charge is 0.444 e. The van der Waals surface area contributed by atoms with Gasteiger partial charge in [-0.2, -0.15) is 0 Å². The first-order valence-corrected chi connectivity index (χ1v) is 10.7. The Kier molecular flexibility index (Phi) is 6.04. The van der Waals surface area contributed by atoms with Crippen LogP contribution in [-0.2, 0) is 19.6 Å². The molecule has 3 rings (SSSR count). The second kappa shape index (κ2) is 8.34. The van der Waals surface area contributed by atoms with Gasteiger partial charge in [-0.25, -0.2) is 17.5 Å². The minimum Gasteiger partial charge on any atom is -0.444 e. The maximum absolute atomic E-state index is 12.9. The molecule has 0 saturated heterocycles. The van der Waals surface area contributed by atoms with Crippen molar-refractivity contribution in [1.29, 1.82) is 0 Å². The topological polar surface area (TPSA) is 92.8 Å². The van der Waals surface area contributed by atoms with E-state index in [1.165, 1.54) is 26.2 Å². The minimum atomic E-state index is -3.71. The van der Waals surface area contributed by atoms with E-state index in [2.05, 4.69) is 5.32 Å². The van der Waals surface area contributed by atoms with Gasteiger partial charge < -0.3 is 10.1 Å². The van der Waals surface area contributed by atoms with Gasteiger partial charge in [0.1, 0.15) is 0 Å². The van der Waals surface area contributed by atoms with Crippen molar-refractivity contribution in [1.82, 2.24) is 9.62 Å². The van der Waals surface area contributed by atoms with Gasteiger partial charge in [-0.1, -0.05) is 36.4 Å². The maximum Gasteiger partial charge on any atom is 0.339 e. The Balaban J connectivity index is 1.90. The Labute approximate surface area is 170 Å². The number of aryl methyl sites for hydroxylation is 1. The summed E-state index contributed by atoms with van der Waals surface area (Å²) < 4.78 is 31.5. The Bertz CT molecular complexity index is 1010. The number of hydrogen-bond donors (Lipinski definition) is 1. The van der Waals surface area contributed by atoms with Crippen LogP contribution in [0.2, 0.25) is 0 Å². The summed E-state index contributed by atoms with van der Waals surface area (Å²) in [7, 11) is -0.873. The summed E-state index contributed by atoms with van der Waals surface area (Å²) in [4.78, 5) is 25.5. The van der Waals surface area contributed by atoms with Crippen LogP contribution in [-0.4, -0.2) is 44.7 Å². The fourth-order valence-electron chi connectivity index (χ4n) is 2.77. The average molecular weight is 416 g/mol. The van der Waals surface area contributed by atoms with Crippen LogP contribution in [0.1, 0.15) is 40.4 Å². The Morgan fingerprint density at radius 3 is 2.34 bits per heavy atom. The van der Waals surface area contributed by atoms with Gasteiger partial charge in [-0.3, -0.25) is 4.79 Å². The van der Waals surface area contributed by atoms with Crippen molar-refractivity contribution in [3.05, 3.63) is 65.2 Å². The molecule has 2 aromatic carbocycles. The van der Waals surface area contributed by atoms with Crippen LogP contribution in [0.3, 0.4) is 0 Å². The van der Waals surface area contributed by atoms with Crippen LogP contribution in [0.5, 0.6) is 0 Å². The molecule has 1 amide bonds. The molecule has 0 aromatic heterocycles. The number of nitrogens with zero attached hydrogens (tertiary/aromatic N) is 1. The van der Waals surface area contributed by atoms with Gasteiger partial charge in [0, 0.05) is 25.7 Å². The average Bonchev–Trinajstić information content (AvgIpc) is 3.50. The van der Waals surface area contributed by atoms with E-state index in [0.29, 0.717) is 11.1 Å². The van der Waals surface area contributed by atoms with Crippen molar-refractivity contribution < 1.29 is 22.7 Å². The van der Waals surface area contributed by atoms with Crippen molar-refractivity contribution in [2.24, 2.45) is 0 Å². The lowest BCUT2D eigenvalue weighted by Crippen LogP contribution is -2.33. The molecular formula is C21H24N2O5S. The zero-order valence-electron chi connectivity index (χ0n) is 16.6. The maximum atomic E-state index is 12.9. The molecular weight excluding hydrogens is 392 g/mol. The summed E-state index contributed by atoms with van der Waals surface area (Å²) in [5.41, 5.74) is 1.21. The molecule has 1 aliphatic carbocycles. The number of rotatable bonds is 7. The summed E-state index contributed by atoms with van der Waals surface area (Å²) in [6, 6.07) is 13.1. The third-order valence-electron chi connectivity index (χ3n) is 4.70. The van der Waals surface area contributed by atoms with Gasteiger partial charge in [0.05, 0.1) is 10.5 Å². The number of amides is 1. The van der Waals surface area contributed by atoms with Gasteiger partial charge in [0.2, 0.25) is 16.1 Å². The number of nitrogens with one attached hydrogen (secondary N) is 1. The molecule has 154 valence electrons. The summed E-state index contributed by atoms with van der Waals surface area (Å²) in [5.74, 6) is -1.14. The number of ether oxygens (including phenoxy) is 1. The predicted molar refractivity (Wildman–Crippen MR) is 108 cm³/mol. The molecule has 1 atom stereocenters. The highest BCUT2D eigenvalue weighted by Crippen LogP contribution is 2.25. The zero-order chi connectivity index (χ0) is 21.2. The number of benzene rings is 2. The molecule has 0 aliphatic heterocycles. The number of hydrogen-bond acceptors (Lipinski definition) is 5. The molecule has 29 heavy (non-hydrogen) atoms. The molecule has 7 nitrogen and oxygen atoms in total. The molecule has 1 N–H and O–H groups in total. The molecule has 1 aliphatic rings. The Hall–Kier alpha value is -2.71. The molecule has 0 bridgehead atoms. The highest BCUT2D eigenvalue weighted by atomic mass is 32.2. The van der Waals surface area contributed by atoms with Crippen molar-refractivity contribution in [3.63, 3.8) is 0 Å². The second-order valence-electron chi connectivity index (χ2n) is 7.24. The van der Waals surface area contributed by atoms with E-state index in [9.17, 15) is 18.0 Å². The van der Waals surface area contributed by atoms with Crippen LogP contribution in [0, 0.1) is 6.92 Å². The Morgan fingerprint density at radius 2 is 1.76 bits per heavy atom. The number of esters is 1. The minimum absolute atomic E-state index is 0.0151. The van der Waals surface area contributed by atoms with Crippen LogP contribution in [0.15, 0.2) is 53.4 Å². The first kappa shape index (κ1) is 21.0. The van der Waals surface area contributed by atoms with E-state index >= 15 is 0 Å². The highest BCUT2D eigenvalue weighted by molar-refractivity contribution is 7.89. The van der Waals surface area contributed by atoms with E-state index in [-0.39, 0.29) is 22.4 Å². The van der Waals surface area contributed by atoms with E-state index < -0.39 is 22.1 Å². The van der Waals surface area contributed by atoms with Crippen LogP contribution < -0.4 is 5.32 Å². The van der Waals surface area contributed by atoms with Gasteiger partial charge in [-0.15, -0.1) is 0 Å². The lowest BCUT2D eigenvalue weighted by atomic mass is 10.1. The number of carbonyl (C=O) groups excluding carboxylic acids is 2. The van der Waals surface area contributed by atoms with Crippen molar-refractivity contribution in [2.45, 2.75) is 36.8 Å². The molecule has 1 saturated carbocycles. The van der Waals surface area contributed by atoms with E-state index in [4.69, 9.17) is 4.74 Å². The summed E-state index contributed by atoms with van der Waals surface area (Å²) in [6.45, 7) is 1.68. The molecule has 0 spiro atoms. The SMILES string of the molecule is Cc1ccc(S(=O)(=O)N(C)C)cc1C(=O)OC(C(=O)NC1CC1)c1ccccc1. The van der Waals surface area contributed by atoms with E-state index in [0.717, 1.165) is 17.1 Å². The number of carbonyl (C=O) groups is 2. The molecule has 1 fully saturated rings. The van der Waals surface area contributed by atoms with Crippen molar-refractivity contribution in [3.8, 4) is 0 Å². The smallest absolute Gasteiger partial charge is 0.339 e. The third-order valence-corrected chi connectivity index (χ3v) is 6.51. The first-order valence-electron chi connectivity index (χ1n) is 9.29. The summed E-state index contributed by atoms with van der Waals surface area (Å²) in [5, 5.41) is 2.86. The third kappa shape index (κ3) is 4.83. The van der Waals surface area contributed by atoms with Crippen molar-refractivity contribution >= 4 is 21.9 Å². The Morgan fingerprint density at radius 1 is 1.10 bits per heavy atom. The molecule has 1 unspecified atom stereocenters. The lowest BCUT2D eigenvalue weighted by Gasteiger charge is -2.19. The van der Waals surface area contributed by atoms with Crippen LogP contribution >= 0.6 is 0 Å². The fourth-order valence-corrected chi connectivity index (χ4v) is 3.70. The van der Waals surface area contributed by atoms with E-state index in [1.807, 2.05) is 0 Å². The normalized spacial score (nSPS) is 15.0. The monoisotopic (exact) mass is 416 g/mol. The molecule has 0 radical (unpaired) electrons. The van der Waals surface area contributed by atoms with Gasteiger partial charge in [0.25, 0.3) is 5.91 Å². The fraction of sp³-hybridized carbons (Fsp3) is 0.333. The number of sulfonamides is 1. The summed E-state index contributed by atoms with van der Waals surface area (Å²) >= 11 is 0. The summed E-state index contributed by atoms with van der Waals surface area (Å²) in [6.07, 6.45) is 0.702. The lowest BCUT2D eigenvalue weighted by molar-refractivity contribution is -0.130. The van der Waals surface area contributed by atoms with E-state index in [1.54, 1.807) is 43.3 Å². The van der Waals surface area contributed by atoms with Crippen LogP contribution in [0.4, 0.5) is 0 Å². The molecule has 2 aromatic rings. The second-order valence-corrected chi connectivity index (χ2v) is 9.39.